The molecule has 6 nitrogen and oxygen atoms in total. The maximum Gasteiger partial charge on any atom is 0.266 e. The summed E-state index contributed by atoms with van der Waals surface area (Å²) in [5.41, 5.74) is 0.866. The van der Waals surface area contributed by atoms with E-state index < -0.39 is 18.4 Å². The maximum atomic E-state index is 12.2. The highest BCUT2D eigenvalue weighted by molar-refractivity contribution is 8.26. The molecule has 2 aromatic rings. The Labute approximate surface area is 153 Å². The molecule has 25 heavy (non-hydrogen) atoms. The van der Waals surface area contributed by atoms with Crippen LogP contribution in [0.25, 0.3) is 17.4 Å². The van der Waals surface area contributed by atoms with E-state index in [1.165, 1.54) is 0 Å². The first-order valence-corrected chi connectivity index (χ1v) is 8.40. The zero-order valence-electron chi connectivity index (χ0n) is 13.1. The van der Waals surface area contributed by atoms with Gasteiger partial charge in [0, 0.05) is 11.6 Å². The van der Waals surface area contributed by atoms with Crippen LogP contribution in [0.4, 0.5) is 0 Å². The highest BCUT2D eigenvalue weighted by Crippen LogP contribution is 2.33. The lowest BCUT2D eigenvalue weighted by Crippen LogP contribution is -2.40. The fraction of sp³-hybridized carbons (Fsp3) is 0.118. The van der Waals surface area contributed by atoms with Gasteiger partial charge in [-0.15, -0.1) is 0 Å². The number of ether oxygens (including phenoxy) is 1. The molecule has 1 amide bonds. The van der Waals surface area contributed by atoms with E-state index in [1.54, 1.807) is 25.3 Å². The average molecular weight is 374 g/mol. The summed E-state index contributed by atoms with van der Waals surface area (Å²) in [6.45, 7) is -0.558. The van der Waals surface area contributed by atoms with Crippen LogP contribution in [0.5, 0.6) is 5.75 Å². The summed E-state index contributed by atoms with van der Waals surface area (Å²) in [4.78, 5) is 24.2. The SMILES string of the molecule is COc1ccc(-c2ccc(/C=C3\SC(=S)N(CC(=O)[O-])C3=O)o2)cc1. The highest BCUT2D eigenvalue weighted by Gasteiger charge is 2.32. The Morgan fingerprint density at radius 1 is 1.32 bits per heavy atom. The molecule has 0 bridgehead atoms. The van der Waals surface area contributed by atoms with Crippen LogP contribution in [0.1, 0.15) is 5.76 Å². The van der Waals surface area contributed by atoms with Crippen molar-refractivity contribution in [1.82, 2.24) is 4.90 Å². The van der Waals surface area contributed by atoms with E-state index in [1.807, 2.05) is 24.3 Å². The second-order valence-electron chi connectivity index (χ2n) is 5.07. The van der Waals surface area contributed by atoms with E-state index in [2.05, 4.69) is 0 Å². The first-order chi connectivity index (χ1) is 12.0. The van der Waals surface area contributed by atoms with E-state index in [4.69, 9.17) is 21.4 Å². The van der Waals surface area contributed by atoms with Crippen molar-refractivity contribution in [2.75, 3.05) is 13.7 Å². The zero-order chi connectivity index (χ0) is 18.0. The Kier molecular flexibility index (Phi) is 4.91. The minimum Gasteiger partial charge on any atom is -0.548 e. The topological polar surface area (TPSA) is 82.8 Å². The molecule has 1 aromatic heterocycles. The third-order valence-corrected chi connectivity index (χ3v) is 4.81. The quantitative estimate of drug-likeness (QED) is 0.584. The molecule has 0 aliphatic carbocycles. The van der Waals surface area contributed by atoms with Gasteiger partial charge in [-0.2, -0.15) is 0 Å². The number of nitrogens with zero attached hydrogens (tertiary/aromatic N) is 1. The molecule has 128 valence electrons. The van der Waals surface area contributed by atoms with Gasteiger partial charge in [-0.1, -0.05) is 24.0 Å². The number of hydrogen-bond donors (Lipinski definition) is 0. The second-order valence-corrected chi connectivity index (χ2v) is 6.75. The van der Waals surface area contributed by atoms with Gasteiger partial charge in [-0.3, -0.25) is 9.69 Å². The highest BCUT2D eigenvalue weighted by atomic mass is 32.2. The lowest BCUT2D eigenvalue weighted by molar-refractivity contribution is -0.305. The number of furan rings is 1. The lowest BCUT2D eigenvalue weighted by Gasteiger charge is -2.14. The number of carboxylic acids is 1. The van der Waals surface area contributed by atoms with Crippen LogP contribution in [-0.2, 0) is 9.59 Å². The number of carbonyl (C=O) groups excluding carboxylic acids is 2. The second kappa shape index (κ2) is 7.12. The van der Waals surface area contributed by atoms with Crippen LogP contribution in [0.2, 0.25) is 0 Å². The van der Waals surface area contributed by atoms with Crippen molar-refractivity contribution in [3.63, 3.8) is 0 Å². The number of rotatable bonds is 5. The van der Waals surface area contributed by atoms with Crippen molar-refractivity contribution < 1.29 is 23.8 Å². The lowest BCUT2D eigenvalue weighted by atomic mass is 10.2. The van der Waals surface area contributed by atoms with Crippen LogP contribution in [0.15, 0.2) is 45.7 Å². The van der Waals surface area contributed by atoms with Gasteiger partial charge in [0.15, 0.2) is 0 Å². The fourth-order valence-electron chi connectivity index (χ4n) is 2.24. The van der Waals surface area contributed by atoms with Crippen LogP contribution in [0.3, 0.4) is 0 Å². The van der Waals surface area contributed by atoms with E-state index in [0.29, 0.717) is 16.4 Å². The number of carbonyl (C=O) groups is 2. The Hall–Kier alpha value is -2.58. The number of thiocarbonyl (C=S) groups is 1. The van der Waals surface area contributed by atoms with Crippen molar-refractivity contribution in [2.45, 2.75) is 0 Å². The first-order valence-electron chi connectivity index (χ1n) is 7.17. The molecule has 0 N–H and O–H groups in total. The molecule has 1 aromatic carbocycles. The van der Waals surface area contributed by atoms with Gasteiger partial charge in [0.25, 0.3) is 5.91 Å². The van der Waals surface area contributed by atoms with Crippen molar-refractivity contribution >= 4 is 46.3 Å². The molecule has 1 aliphatic rings. The van der Waals surface area contributed by atoms with Gasteiger partial charge in [0.05, 0.1) is 24.5 Å². The third kappa shape index (κ3) is 3.75. The normalized spacial score (nSPS) is 15.9. The smallest absolute Gasteiger partial charge is 0.266 e. The molecular weight excluding hydrogens is 362 g/mol. The van der Waals surface area contributed by atoms with Crippen LogP contribution >= 0.6 is 24.0 Å². The maximum absolute atomic E-state index is 12.2. The Morgan fingerprint density at radius 2 is 2.04 bits per heavy atom. The summed E-state index contributed by atoms with van der Waals surface area (Å²) in [5.74, 6) is 0.0185. The molecule has 0 spiro atoms. The van der Waals surface area contributed by atoms with Crippen molar-refractivity contribution in [3.8, 4) is 17.1 Å². The van der Waals surface area contributed by atoms with Crippen molar-refractivity contribution in [1.29, 1.82) is 0 Å². The largest absolute Gasteiger partial charge is 0.548 e. The molecule has 0 unspecified atom stereocenters. The van der Waals surface area contributed by atoms with Crippen LogP contribution < -0.4 is 9.84 Å². The van der Waals surface area contributed by atoms with Gasteiger partial charge in [0.1, 0.15) is 21.6 Å². The molecule has 1 saturated heterocycles. The predicted molar refractivity (Wildman–Crippen MR) is 95.6 cm³/mol. The molecule has 0 radical (unpaired) electrons. The molecule has 2 heterocycles. The summed E-state index contributed by atoms with van der Waals surface area (Å²) in [7, 11) is 1.59. The Bertz CT molecular complexity index is 869. The number of amides is 1. The molecule has 0 saturated carbocycles. The van der Waals surface area contributed by atoms with E-state index in [-0.39, 0.29) is 4.32 Å². The van der Waals surface area contributed by atoms with Gasteiger partial charge < -0.3 is 19.1 Å². The summed E-state index contributed by atoms with van der Waals surface area (Å²) in [6.07, 6.45) is 1.54. The van der Waals surface area contributed by atoms with Crippen molar-refractivity contribution in [3.05, 3.63) is 47.1 Å². The number of methoxy groups -OCH3 is 1. The minimum atomic E-state index is -1.36. The minimum absolute atomic E-state index is 0.183. The van der Waals surface area contributed by atoms with E-state index in [0.717, 1.165) is 28.0 Å². The number of benzene rings is 1. The molecule has 0 atom stereocenters. The molecule has 8 heteroatoms. The van der Waals surface area contributed by atoms with Gasteiger partial charge in [0.2, 0.25) is 0 Å². The van der Waals surface area contributed by atoms with Gasteiger partial charge in [-0.05, 0) is 36.4 Å². The molecule has 1 aliphatic heterocycles. The first kappa shape index (κ1) is 17.2. The summed E-state index contributed by atoms with van der Waals surface area (Å²) >= 11 is 6.06. The molecular formula is C17H12NO5S2-. The number of carboxylic acid groups (broad SMARTS) is 1. The number of hydrogen-bond acceptors (Lipinski definition) is 7. The van der Waals surface area contributed by atoms with Gasteiger partial charge in [-0.25, -0.2) is 0 Å². The third-order valence-electron chi connectivity index (χ3n) is 3.44. The summed E-state index contributed by atoms with van der Waals surface area (Å²) in [6, 6.07) is 10.9. The Balaban J connectivity index is 1.80. The zero-order valence-corrected chi connectivity index (χ0v) is 14.7. The number of aliphatic carboxylic acids is 1. The number of thioether (sulfide) groups is 1. The van der Waals surface area contributed by atoms with Crippen LogP contribution in [0, 0.1) is 0 Å². The standard InChI is InChI=1S/C17H13NO5S2/c1-22-11-4-2-10(3-5-11)13-7-6-12(23-13)8-14-16(21)18(9-15(19)20)17(24)25-14/h2-8H,9H2,1H3,(H,19,20)/p-1/b14-8-. The summed E-state index contributed by atoms with van der Waals surface area (Å²) in [5, 5.41) is 10.7. The molecule has 1 fully saturated rings. The fourth-order valence-corrected chi connectivity index (χ4v) is 3.47. The van der Waals surface area contributed by atoms with E-state index in [9.17, 15) is 14.7 Å². The predicted octanol–water partition coefficient (Wildman–Crippen LogP) is 1.91. The Morgan fingerprint density at radius 3 is 2.68 bits per heavy atom. The van der Waals surface area contributed by atoms with Crippen LogP contribution in [-0.4, -0.2) is 34.8 Å². The van der Waals surface area contributed by atoms with Gasteiger partial charge >= 0.3 is 0 Å². The van der Waals surface area contributed by atoms with Crippen molar-refractivity contribution in [2.24, 2.45) is 0 Å². The molecule has 3 rings (SSSR count). The summed E-state index contributed by atoms with van der Waals surface area (Å²) < 4.78 is 11.0. The van der Waals surface area contributed by atoms with E-state index >= 15 is 0 Å². The monoisotopic (exact) mass is 374 g/mol. The average Bonchev–Trinajstić information content (AvgIpc) is 3.15.